The van der Waals surface area contributed by atoms with E-state index in [1.807, 2.05) is 0 Å². The molecule has 0 aromatic heterocycles. The summed E-state index contributed by atoms with van der Waals surface area (Å²) < 4.78 is 10.2. The number of ether oxygens (including phenoxy) is 2. The molecule has 1 unspecified atom stereocenters. The Balaban J connectivity index is 1.97. The fourth-order valence-corrected chi connectivity index (χ4v) is 1.94. The van der Waals surface area contributed by atoms with Gasteiger partial charge in [0.15, 0.2) is 0 Å². The number of hydrogen-bond acceptors (Lipinski definition) is 4. The summed E-state index contributed by atoms with van der Waals surface area (Å²) in [6.45, 7) is 2.92. The molecule has 4 heteroatoms. The highest BCUT2D eigenvalue weighted by atomic mass is 16.5. The van der Waals surface area contributed by atoms with Crippen LogP contribution in [0.25, 0.3) is 0 Å². The first-order chi connectivity index (χ1) is 7.72. The van der Waals surface area contributed by atoms with E-state index in [-0.39, 0.29) is 5.97 Å². The molecule has 4 nitrogen and oxygen atoms in total. The van der Waals surface area contributed by atoms with Gasteiger partial charge in [-0.25, -0.2) is 0 Å². The Morgan fingerprint density at radius 1 is 1.50 bits per heavy atom. The van der Waals surface area contributed by atoms with Gasteiger partial charge < -0.3 is 14.4 Å². The molecule has 0 spiro atoms. The molecule has 0 aromatic rings. The van der Waals surface area contributed by atoms with Gasteiger partial charge in [0.1, 0.15) is 0 Å². The minimum atomic E-state index is -0.118. The van der Waals surface area contributed by atoms with Gasteiger partial charge in [0, 0.05) is 19.6 Å². The second kappa shape index (κ2) is 7.63. The van der Waals surface area contributed by atoms with Crippen LogP contribution >= 0.6 is 0 Å². The van der Waals surface area contributed by atoms with Crippen molar-refractivity contribution in [3.8, 4) is 0 Å². The monoisotopic (exact) mass is 229 g/mol. The first-order valence-corrected chi connectivity index (χ1v) is 6.09. The summed E-state index contributed by atoms with van der Waals surface area (Å²) in [5.74, 6) is -0.118. The number of hydrogen-bond donors (Lipinski definition) is 0. The van der Waals surface area contributed by atoms with Gasteiger partial charge >= 0.3 is 5.97 Å². The van der Waals surface area contributed by atoms with Crippen LogP contribution in [0.15, 0.2) is 0 Å². The first-order valence-electron chi connectivity index (χ1n) is 6.09. The number of carbonyl (C=O) groups excluding carboxylic acids is 1. The van der Waals surface area contributed by atoms with E-state index in [9.17, 15) is 4.79 Å². The summed E-state index contributed by atoms with van der Waals surface area (Å²) in [6.07, 6.45) is 5.36. The molecule has 1 aliphatic rings. The highest BCUT2D eigenvalue weighted by Gasteiger charge is 2.15. The van der Waals surface area contributed by atoms with Gasteiger partial charge in [0.05, 0.1) is 13.2 Å². The van der Waals surface area contributed by atoms with E-state index in [1.54, 1.807) is 0 Å². The van der Waals surface area contributed by atoms with Crippen molar-refractivity contribution >= 4 is 5.97 Å². The van der Waals surface area contributed by atoms with Crippen LogP contribution < -0.4 is 0 Å². The lowest BCUT2D eigenvalue weighted by molar-refractivity contribution is -0.140. The van der Waals surface area contributed by atoms with E-state index in [4.69, 9.17) is 4.74 Å². The standard InChI is InChI=1S/C12H23NO3/c1-13(8-3-6-12(14)15-2)9-7-11-5-4-10-16-11/h11H,3-10H2,1-2H3. The van der Waals surface area contributed by atoms with E-state index >= 15 is 0 Å². The van der Waals surface area contributed by atoms with Crippen LogP contribution in [0.4, 0.5) is 0 Å². The van der Waals surface area contributed by atoms with Crippen LogP contribution in [0.1, 0.15) is 32.1 Å². The van der Waals surface area contributed by atoms with Crippen molar-refractivity contribution in [2.45, 2.75) is 38.2 Å². The molecule has 0 radical (unpaired) electrons. The van der Waals surface area contributed by atoms with Gasteiger partial charge in [-0.3, -0.25) is 4.79 Å². The molecule has 0 amide bonds. The van der Waals surface area contributed by atoms with Crippen LogP contribution in [0.3, 0.4) is 0 Å². The minimum Gasteiger partial charge on any atom is -0.469 e. The summed E-state index contributed by atoms with van der Waals surface area (Å²) in [6, 6.07) is 0. The van der Waals surface area contributed by atoms with E-state index < -0.39 is 0 Å². The van der Waals surface area contributed by atoms with Crippen molar-refractivity contribution in [3.63, 3.8) is 0 Å². The summed E-state index contributed by atoms with van der Waals surface area (Å²) in [7, 11) is 3.52. The van der Waals surface area contributed by atoms with Crippen molar-refractivity contribution in [3.05, 3.63) is 0 Å². The van der Waals surface area contributed by atoms with Crippen molar-refractivity contribution < 1.29 is 14.3 Å². The van der Waals surface area contributed by atoms with Crippen molar-refractivity contribution in [1.82, 2.24) is 4.90 Å². The Hall–Kier alpha value is -0.610. The average Bonchev–Trinajstić information content (AvgIpc) is 2.79. The van der Waals surface area contributed by atoms with Crippen LogP contribution in [0.2, 0.25) is 0 Å². The third-order valence-corrected chi connectivity index (χ3v) is 3.01. The molecule has 0 bridgehead atoms. The molecule has 1 aliphatic heterocycles. The average molecular weight is 229 g/mol. The summed E-state index contributed by atoms with van der Waals surface area (Å²) in [4.78, 5) is 13.2. The van der Waals surface area contributed by atoms with Gasteiger partial charge in [-0.15, -0.1) is 0 Å². The number of esters is 1. The van der Waals surface area contributed by atoms with Gasteiger partial charge in [-0.2, -0.15) is 0 Å². The lowest BCUT2D eigenvalue weighted by atomic mass is 10.2. The smallest absolute Gasteiger partial charge is 0.305 e. The maximum absolute atomic E-state index is 10.9. The number of rotatable bonds is 7. The first kappa shape index (κ1) is 13.5. The van der Waals surface area contributed by atoms with Gasteiger partial charge in [-0.1, -0.05) is 0 Å². The molecule has 1 fully saturated rings. The second-order valence-corrected chi connectivity index (χ2v) is 4.41. The predicted octanol–water partition coefficient (Wildman–Crippen LogP) is 1.44. The topological polar surface area (TPSA) is 38.8 Å². The van der Waals surface area contributed by atoms with Crippen molar-refractivity contribution in [2.24, 2.45) is 0 Å². The fourth-order valence-electron chi connectivity index (χ4n) is 1.94. The zero-order valence-corrected chi connectivity index (χ0v) is 10.4. The van der Waals surface area contributed by atoms with Crippen molar-refractivity contribution in [2.75, 3.05) is 33.9 Å². The Kier molecular flexibility index (Phi) is 6.42. The molecule has 0 N–H and O–H groups in total. The SMILES string of the molecule is COC(=O)CCCN(C)CCC1CCCO1. The minimum absolute atomic E-state index is 0.118. The molecule has 0 saturated carbocycles. The Labute approximate surface area is 97.9 Å². The molecule has 1 heterocycles. The maximum Gasteiger partial charge on any atom is 0.305 e. The van der Waals surface area contributed by atoms with Gasteiger partial charge in [0.25, 0.3) is 0 Å². The van der Waals surface area contributed by atoms with E-state index in [0.717, 1.165) is 32.5 Å². The van der Waals surface area contributed by atoms with E-state index in [0.29, 0.717) is 12.5 Å². The molecule has 0 aromatic carbocycles. The van der Waals surface area contributed by atoms with Crippen LogP contribution in [-0.4, -0.2) is 50.8 Å². The third-order valence-electron chi connectivity index (χ3n) is 3.01. The van der Waals surface area contributed by atoms with Crippen LogP contribution in [0, 0.1) is 0 Å². The highest BCUT2D eigenvalue weighted by molar-refractivity contribution is 5.69. The van der Waals surface area contributed by atoms with E-state index in [2.05, 4.69) is 16.7 Å². The van der Waals surface area contributed by atoms with Gasteiger partial charge in [0.2, 0.25) is 0 Å². The molecule has 16 heavy (non-hydrogen) atoms. The Morgan fingerprint density at radius 3 is 2.94 bits per heavy atom. The molecule has 1 rings (SSSR count). The quantitative estimate of drug-likeness (QED) is 0.619. The molecular weight excluding hydrogens is 206 g/mol. The molecule has 94 valence electrons. The summed E-state index contributed by atoms with van der Waals surface area (Å²) in [5, 5.41) is 0. The molecule has 0 aliphatic carbocycles. The Morgan fingerprint density at radius 2 is 2.31 bits per heavy atom. The predicted molar refractivity (Wildman–Crippen MR) is 62.3 cm³/mol. The molecule has 1 atom stereocenters. The maximum atomic E-state index is 10.9. The Bertz CT molecular complexity index is 202. The fraction of sp³-hybridized carbons (Fsp3) is 0.917. The number of nitrogens with zero attached hydrogens (tertiary/aromatic N) is 1. The summed E-state index contributed by atoms with van der Waals surface area (Å²) >= 11 is 0. The zero-order chi connectivity index (χ0) is 11.8. The van der Waals surface area contributed by atoms with Gasteiger partial charge in [-0.05, 0) is 39.3 Å². The number of carbonyl (C=O) groups is 1. The molecular formula is C12H23NO3. The lowest BCUT2D eigenvalue weighted by Crippen LogP contribution is -2.24. The normalized spacial score (nSPS) is 20.3. The number of methoxy groups -OCH3 is 1. The molecule has 1 saturated heterocycles. The van der Waals surface area contributed by atoms with Crippen LogP contribution in [0.5, 0.6) is 0 Å². The summed E-state index contributed by atoms with van der Waals surface area (Å²) in [5.41, 5.74) is 0. The second-order valence-electron chi connectivity index (χ2n) is 4.41. The largest absolute Gasteiger partial charge is 0.469 e. The van der Waals surface area contributed by atoms with Crippen LogP contribution in [-0.2, 0) is 14.3 Å². The highest BCUT2D eigenvalue weighted by Crippen LogP contribution is 2.15. The van der Waals surface area contributed by atoms with Crippen molar-refractivity contribution in [1.29, 1.82) is 0 Å². The zero-order valence-electron chi connectivity index (χ0n) is 10.4. The third kappa shape index (κ3) is 5.47. The lowest BCUT2D eigenvalue weighted by Gasteiger charge is -2.18. The van der Waals surface area contributed by atoms with E-state index in [1.165, 1.54) is 20.0 Å².